The normalized spacial score (nSPS) is 20.5. The number of likely N-dealkylation sites (tertiary alicyclic amines) is 1. The van der Waals surface area contributed by atoms with Crippen LogP contribution in [0.1, 0.15) is 37.7 Å². The summed E-state index contributed by atoms with van der Waals surface area (Å²) in [5.74, 6) is -0.805. The van der Waals surface area contributed by atoms with Crippen LogP contribution in [-0.4, -0.2) is 58.7 Å². The molecule has 2 aliphatic rings. The fourth-order valence-corrected chi connectivity index (χ4v) is 3.46. The van der Waals surface area contributed by atoms with Crippen LogP contribution < -0.4 is 0 Å². The maximum atomic E-state index is 12.5. The summed E-state index contributed by atoms with van der Waals surface area (Å²) >= 11 is 0. The van der Waals surface area contributed by atoms with Crippen molar-refractivity contribution in [1.29, 1.82) is 0 Å². The zero-order valence-electron chi connectivity index (χ0n) is 14.5. The lowest BCUT2D eigenvalue weighted by Crippen LogP contribution is -2.50. The fraction of sp³-hybridized carbons (Fsp3) is 0.579. The molecule has 0 spiro atoms. The van der Waals surface area contributed by atoms with Crippen LogP contribution in [0.2, 0.25) is 0 Å². The number of aliphatic carboxylic acids is 1. The summed E-state index contributed by atoms with van der Waals surface area (Å²) in [6, 6.07) is 10.0. The average molecular weight is 346 g/mol. The molecule has 3 rings (SSSR count). The molecule has 0 bridgehead atoms. The monoisotopic (exact) mass is 346 g/mol. The highest BCUT2D eigenvalue weighted by molar-refractivity contribution is 5.69. The summed E-state index contributed by atoms with van der Waals surface area (Å²) in [5, 5.41) is 9.13. The molecular weight excluding hydrogens is 320 g/mol. The Kier molecular flexibility index (Phi) is 5.91. The number of hydrogen-bond donors (Lipinski definition) is 1. The van der Waals surface area contributed by atoms with E-state index in [4.69, 9.17) is 9.84 Å². The lowest BCUT2D eigenvalue weighted by Gasteiger charge is -2.37. The number of carbonyl (C=O) groups excluding carboxylic acids is 1. The van der Waals surface area contributed by atoms with Crippen molar-refractivity contribution in [2.24, 2.45) is 0 Å². The molecule has 0 radical (unpaired) electrons. The van der Waals surface area contributed by atoms with Gasteiger partial charge in [0.05, 0.1) is 6.54 Å². The summed E-state index contributed by atoms with van der Waals surface area (Å²) in [5.41, 5.74) is 0.967. The number of carbonyl (C=O) groups is 2. The number of amides is 1. The maximum absolute atomic E-state index is 12.5. The molecule has 1 atom stereocenters. The van der Waals surface area contributed by atoms with Gasteiger partial charge in [-0.1, -0.05) is 30.3 Å². The molecule has 1 amide bonds. The van der Waals surface area contributed by atoms with Gasteiger partial charge in [-0.05, 0) is 37.7 Å². The first-order valence-corrected chi connectivity index (χ1v) is 9.06. The van der Waals surface area contributed by atoms with Gasteiger partial charge in [-0.3, -0.25) is 9.69 Å². The molecule has 1 aromatic carbocycles. The topological polar surface area (TPSA) is 70.1 Å². The minimum atomic E-state index is -0.805. The smallest absolute Gasteiger partial charge is 0.410 e. The molecular formula is C19H26N2O4. The first-order chi connectivity index (χ1) is 12.1. The Morgan fingerprint density at radius 3 is 2.60 bits per heavy atom. The highest BCUT2D eigenvalue weighted by Crippen LogP contribution is 2.29. The van der Waals surface area contributed by atoms with E-state index in [1.54, 1.807) is 4.90 Å². The van der Waals surface area contributed by atoms with Crippen molar-refractivity contribution >= 4 is 12.1 Å². The number of carboxylic acid groups (broad SMARTS) is 1. The van der Waals surface area contributed by atoms with E-state index in [1.165, 1.54) is 0 Å². The van der Waals surface area contributed by atoms with E-state index in [-0.39, 0.29) is 25.3 Å². The highest BCUT2D eigenvalue weighted by Gasteiger charge is 2.35. The molecule has 1 aliphatic heterocycles. The van der Waals surface area contributed by atoms with Gasteiger partial charge >= 0.3 is 12.1 Å². The van der Waals surface area contributed by atoms with Crippen LogP contribution in [0.4, 0.5) is 4.79 Å². The second-order valence-electron chi connectivity index (χ2n) is 6.94. The van der Waals surface area contributed by atoms with Crippen LogP contribution in [-0.2, 0) is 16.1 Å². The molecule has 1 saturated carbocycles. The van der Waals surface area contributed by atoms with Crippen molar-refractivity contribution < 1.29 is 19.4 Å². The van der Waals surface area contributed by atoms with Gasteiger partial charge in [-0.2, -0.15) is 0 Å². The Morgan fingerprint density at radius 2 is 1.92 bits per heavy atom. The number of piperidine rings is 1. The molecule has 1 N–H and O–H groups in total. The third kappa shape index (κ3) is 5.19. The van der Waals surface area contributed by atoms with Crippen LogP contribution in [0.3, 0.4) is 0 Å². The standard InChI is InChI=1S/C19H26N2O4/c22-18(23)13-20(16-9-10-16)12-17-8-4-5-11-21(17)19(24)25-14-15-6-2-1-3-7-15/h1-3,6-7,16-17H,4-5,8-14H2,(H,22,23)/t17-/m0/s1. The molecule has 1 aliphatic carbocycles. The Morgan fingerprint density at radius 1 is 1.16 bits per heavy atom. The largest absolute Gasteiger partial charge is 0.480 e. The Balaban J connectivity index is 1.57. The van der Waals surface area contributed by atoms with Crippen molar-refractivity contribution in [2.75, 3.05) is 19.6 Å². The summed E-state index contributed by atoms with van der Waals surface area (Å²) in [6.07, 6.45) is 4.76. The Labute approximate surface area is 148 Å². The lowest BCUT2D eigenvalue weighted by atomic mass is 10.0. The summed E-state index contributed by atoms with van der Waals surface area (Å²) < 4.78 is 5.49. The van der Waals surface area contributed by atoms with Gasteiger partial charge in [0.15, 0.2) is 0 Å². The van der Waals surface area contributed by atoms with E-state index in [0.29, 0.717) is 19.1 Å². The van der Waals surface area contributed by atoms with Gasteiger partial charge in [0, 0.05) is 25.2 Å². The number of rotatable bonds is 7. The summed E-state index contributed by atoms with van der Waals surface area (Å²) in [4.78, 5) is 27.5. The number of hydrogen-bond acceptors (Lipinski definition) is 4. The molecule has 6 nitrogen and oxygen atoms in total. The minimum absolute atomic E-state index is 0.0389. The van der Waals surface area contributed by atoms with Gasteiger partial charge < -0.3 is 14.7 Å². The fourth-order valence-electron chi connectivity index (χ4n) is 3.46. The van der Waals surface area contributed by atoms with Crippen molar-refractivity contribution in [1.82, 2.24) is 9.80 Å². The van der Waals surface area contributed by atoms with Crippen LogP contribution >= 0.6 is 0 Å². The zero-order chi connectivity index (χ0) is 17.6. The Hall–Kier alpha value is -2.08. The van der Waals surface area contributed by atoms with E-state index in [0.717, 1.165) is 37.7 Å². The van der Waals surface area contributed by atoms with Gasteiger partial charge in [-0.25, -0.2) is 4.79 Å². The first-order valence-electron chi connectivity index (χ1n) is 9.06. The molecule has 2 fully saturated rings. The molecule has 0 aromatic heterocycles. The van der Waals surface area contributed by atoms with Crippen molar-refractivity contribution in [2.45, 2.75) is 50.8 Å². The van der Waals surface area contributed by atoms with Gasteiger partial charge in [-0.15, -0.1) is 0 Å². The third-order valence-corrected chi connectivity index (χ3v) is 4.91. The van der Waals surface area contributed by atoms with Crippen LogP contribution in [0.5, 0.6) is 0 Å². The van der Waals surface area contributed by atoms with E-state index >= 15 is 0 Å². The minimum Gasteiger partial charge on any atom is -0.480 e. The van der Waals surface area contributed by atoms with Crippen LogP contribution in [0, 0.1) is 0 Å². The van der Waals surface area contributed by atoms with Gasteiger partial charge in [0.25, 0.3) is 0 Å². The molecule has 25 heavy (non-hydrogen) atoms. The zero-order valence-corrected chi connectivity index (χ0v) is 14.5. The van der Waals surface area contributed by atoms with E-state index in [9.17, 15) is 9.59 Å². The second kappa shape index (κ2) is 8.34. The predicted molar refractivity (Wildman–Crippen MR) is 93.2 cm³/mol. The number of nitrogens with zero attached hydrogens (tertiary/aromatic N) is 2. The molecule has 1 aromatic rings. The van der Waals surface area contributed by atoms with Crippen LogP contribution in [0.15, 0.2) is 30.3 Å². The third-order valence-electron chi connectivity index (χ3n) is 4.91. The van der Waals surface area contributed by atoms with E-state index in [1.807, 2.05) is 35.2 Å². The molecule has 136 valence electrons. The van der Waals surface area contributed by atoms with E-state index < -0.39 is 5.97 Å². The Bertz CT molecular complexity index is 588. The summed E-state index contributed by atoms with van der Waals surface area (Å²) in [6.45, 7) is 1.62. The lowest BCUT2D eigenvalue weighted by molar-refractivity contribution is -0.138. The van der Waals surface area contributed by atoms with Crippen molar-refractivity contribution in [3.8, 4) is 0 Å². The molecule has 0 unspecified atom stereocenters. The van der Waals surface area contributed by atoms with Gasteiger partial charge in [0.1, 0.15) is 6.61 Å². The quantitative estimate of drug-likeness (QED) is 0.822. The molecule has 1 saturated heterocycles. The van der Waals surface area contributed by atoms with E-state index in [2.05, 4.69) is 0 Å². The highest BCUT2D eigenvalue weighted by atomic mass is 16.6. The number of benzene rings is 1. The van der Waals surface area contributed by atoms with Crippen molar-refractivity contribution in [3.05, 3.63) is 35.9 Å². The second-order valence-corrected chi connectivity index (χ2v) is 6.94. The number of carboxylic acids is 1. The first kappa shape index (κ1) is 17.7. The van der Waals surface area contributed by atoms with Gasteiger partial charge in [0.2, 0.25) is 0 Å². The number of ether oxygens (including phenoxy) is 1. The predicted octanol–water partition coefficient (Wildman–Crippen LogP) is 2.73. The average Bonchev–Trinajstić information content (AvgIpc) is 3.45. The van der Waals surface area contributed by atoms with Crippen molar-refractivity contribution in [3.63, 3.8) is 0 Å². The molecule has 1 heterocycles. The molecule has 6 heteroatoms. The van der Waals surface area contributed by atoms with Crippen LogP contribution in [0.25, 0.3) is 0 Å². The maximum Gasteiger partial charge on any atom is 0.410 e. The summed E-state index contributed by atoms with van der Waals surface area (Å²) in [7, 11) is 0. The SMILES string of the molecule is O=C(O)CN(C[C@@H]1CCCCN1C(=O)OCc1ccccc1)C1CC1.